The summed E-state index contributed by atoms with van der Waals surface area (Å²) < 4.78 is 0. The Morgan fingerprint density at radius 2 is 2.15 bits per heavy atom. The zero-order valence-electron chi connectivity index (χ0n) is 7.07. The highest BCUT2D eigenvalue weighted by molar-refractivity contribution is 5.80. The summed E-state index contributed by atoms with van der Waals surface area (Å²) in [7, 11) is 0. The van der Waals surface area contributed by atoms with Crippen LogP contribution in [-0.2, 0) is 6.54 Å². The molecule has 0 saturated heterocycles. The van der Waals surface area contributed by atoms with E-state index >= 15 is 0 Å². The van der Waals surface area contributed by atoms with Crippen molar-refractivity contribution in [2.75, 3.05) is 0 Å². The molecular weight excluding hydrogens is 164 g/mol. The highest BCUT2D eigenvalue weighted by Gasteiger charge is 1.97. The van der Waals surface area contributed by atoms with Crippen molar-refractivity contribution in [2.24, 2.45) is 5.73 Å². The molecule has 0 amide bonds. The Labute approximate surface area is 75.8 Å². The third kappa shape index (κ3) is 1.46. The van der Waals surface area contributed by atoms with Gasteiger partial charge in [0.05, 0.1) is 5.52 Å². The maximum atomic E-state index is 9.23. The van der Waals surface area contributed by atoms with E-state index in [0.717, 1.165) is 16.5 Å². The molecule has 3 heteroatoms. The minimum atomic E-state index is 0.253. The van der Waals surface area contributed by atoms with Gasteiger partial charge in [-0.15, -0.1) is 0 Å². The summed E-state index contributed by atoms with van der Waals surface area (Å²) in [6, 6.07) is 7.02. The Morgan fingerprint density at radius 1 is 1.31 bits per heavy atom. The number of nitrogens with zero attached hydrogens (tertiary/aromatic N) is 1. The van der Waals surface area contributed by atoms with Gasteiger partial charge < -0.3 is 10.8 Å². The Bertz CT molecular complexity index is 440. The van der Waals surface area contributed by atoms with Crippen LogP contribution in [0.2, 0.25) is 0 Å². The van der Waals surface area contributed by atoms with Gasteiger partial charge in [-0.25, -0.2) is 0 Å². The zero-order valence-corrected chi connectivity index (χ0v) is 7.07. The van der Waals surface area contributed by atoms with E-state index < -0.39 is 0 Å². The number of phenols is 1. The van der Waals surface area contributed by atoms with Gasteiger partial charge in [0.2, 0.25) is 0 Å². The molecule has 0 aliphatic carbocycles. The van der Waals surface area contributed by atoms with E-state index in [1.165, 1.54) is 0 Å². The molecule has 0 bridgehead atoms. The van der Waals surface area contributed by atoms with Crippen molar-refractivity contribution in [3.63, 3.8) is 0 Å². The Morgan fingerprint density at radius 3 is 2.92 bits per heavy atom. The molecule has 0 saturated carbocycles. The van der Waals surface area contributed by atoms with Gasteiger partial charge in [0.25, 0.3) is 0 Å². The molecular formula is C10H10N2O. The summed E-state index contributed by atoms with van der Waals surface area (Å²) in [6.45, 7) is 0.471. The standard InChI is InChI=1S/C10H10N2O/c11-5-7-3-8-4-9(13)1-2-10(8)12-6-7/h1-4,6,13H,5,11H2. The number of hydrogen-bond acceptors (Lipinski definition) is 3. The number of pyridine rings is 1. The number of nitrogens with two attached hydrogens (primary N) is 1. The topological polar surface area (TPSA) is 59.1 Å². The molecule has 3 nitrogen and oxygen atoms in total. The first-order valence-electron chi connectivity index (χ1n) is 4.07. The van der Waals surface area contributed by atoms with Crippen LogP contribution in [0.3, 0.4) is 0 Å². The molecule has 0 fully saturated rings. The smallest absolute Gasteiger partial charge is 0.116 e. The molecule has 0 aliphatic rings. The average molecular weight is 174 g/mol. The fourth-order valence-corrected chi connectivity index (χ4v) is 1.28. The lowest BCUT2D eigenvalue weighted by molar-refractivity contribution is 0.476. The third-order valence-electron chi connectivity index (χ3n) is 1.96. The fraction of sp³-hybridized carbons (Fsp3) is 0.100. The van der Waals surface area contributed by atoms with Crippen molar-refractivity contribution in [2.45, 2.75) is 6.54 Å². The largest absolute Gasteiger partial charge is 0.508 e. The molecule has 2 aromatic rings. The Balaban J connectivity index is 2.68. The predicted octanol–water partition coefficient (Wildman–Crippen LogP) is 1.40. The molecule has 1 aromatic carbocycles. The van der Waals surface area contributed by atoms with E-state index in [1.54, 1.807) is 24.4 Å². The van der Waals surface area contributed by atoms with Gasteiger partial charge in [0, 0.05) is 18.1 Å². The molecule has 0 aliphatic heterocycles. The Kier molecular flexibility index (Phi) is 1.87. The molecule has 0 radical (unpaired) electrons. The second-order valence-electron chi connectivity index (χ2n) is 2.92. The van der Waals surface area contributed by atoms with Crippen LogP contribution in [0.1, 0.15) is 5.56 Å². The average Bonchev–Trinajstić information content (AvgIpc) is 2.16. The lowest BCUT2D eigenvalue weighted by atomic mass is 10.1. The minimum Gasteiger partial charge on any atom is -0.508 e. The number of aromatic hydroxyl groups is 1. The van der Waals surface area contributed by atoms with Crippen molar-refractivity contribution in [1.29, 1.82) is 0 Å². The van der Waals surface area contributed by atoms with E-state index in [4.69, 9.17) is 5.73 Å². The van der Waals surface area contributed by atoms with Crippen LogP contribution in [-0.4, -0.2) is 10.1 Å². The molecule has 0 spiro atoms. The molecule has 0 atom stereocenters. The first kappa shape index (κ1) is 8.01. The summed E-state index contributed by atoms with van der Waals surface area (Å²) in [4.78, 5) is 4.20. The molecule has 0 unspecified atom stereocenters. The summed E-state index contributed by atoms with van der Waals surface area (Å²) in [5.41, 5.74) is 7.32. The van der Waals surface area contributed by atoms with Crippen LogP contribution >= 0.6 is 0 Å². The van der Waals surface area contributed by atoms with Crippen molar-refractivity contribution in [3.8, 4) is 5.75 Å². The van der Waals surface area contributed by atoms with E-state index in [9.17, 15) is 5.11 Å². The van der Waals surface area contributed by atoms with Gasteiger partial charge in [-0.2, -0.15) is 0 Å². The maximum absolute atomic E-state index is 9.23. The maximum Gasteiger partial charge on any atom is 0.116 e. The molecule has 3 N–H and O–H groups in total. The fourth-order valence-electron chi connectivity index (χ4n) is 1.28. The third-order valence-corrected chi connectivity index (χ3v) is 1.96. The summed E-state index contributed by atoms with van der Waals surface area (Å²) in [6.07, 6.45) is 1.75. The lowest BCUT2D eigenvalue weighted by Crippen LogP contribution is -1.96. The molecule has 13 heavy (non-hydrogen) atoms. The molecule has 2 rings (SSSR count). The molecule has 1 heterocycles. The molecule has 1 aromatic heterocycles. The first-order chi connectivity index (χ1) is 6.29. The second kappa shape index (κ2) is 3.03. The quantitative estimate of drug-likeness (QED) is 0.687. The van der Waals surface area contributed by atoms with Crippen molar-refractivity contribution in [1.82, 2.24) is 4.98 Å². The number of rotatable bonds is 1. The van der Waals surface area contributed by atoms with Crippen molar-refractivity contribution < 1.29 is 5.11 Å². The van der Waals surface area contributed by atoms with E-state index in [-0.39, 0.29) is 5.75 Å². The number of aromatic nitrogens is 1. The van der Waals surface area contributed by atoms with Gasteiger partial charge in [-0.05, 0) is 29.8 Å². The number of fused-ring (bicyclic) bond motifs is 1. The van der Waals surface area contributed by atoms with Gasteiger partial charge >= 0.3 is 0 Å². The van der Waals surface area contributed by atoms with Gasteiger partial charge in [0.15, 0.2) is 0 Å². The van der Waals surface area contributed by atoms with E-state index in [1.807, 2.05) is 6.07 Å². The monoisotopic (exact) mass is 174 g/mol. The van der Waals surface area contributed by atoms with E-state index in [0.29, 0.717) is 6.54 Å². The zero-order chi connectivity index (χ0) is 9.26. The normalized spacial score (nSPS) is 10.5. The van der Waals surface area contributed by atoms with Gasteiger partial charge in [-0.1, -0.05) is 0 Å². The van der Waals surface area contributed by atoms with Crippen LogP contribution < -0.4 is 5.73 Å². The van der Waals surface area contributed by atoms with Gasteiger partial charge in [-0.3, -0.25) is 4.98 Å². The number of phenolic OH excluding ortho intramolecular Hbond substituents is 1. The van der Waals surface area contributed by atoms with Gasteiger partial charge in [0.1, 0.15) is 5.75 Å². The SMILES string of the molecule is NCc1cnc2ccc(O)cc2c1. The summed E-state index contributed by atoms with van der Waals surface area (Å²) in [5, 5.41) is 10.2. The second-order valence-corrected chi connectivity index (χ2v) is 2.92. The Hall–Kier alpha value is -1.61. The minimum absolute atomic E-state index is 0.253. The van der Waals surface area contributed by atoms with Crippen LogP contribution in [0.5, 0.6) is 5.75 Å². The van der Waals surface area contributed by atoms with Crippen molar-refractivity contribution in [3.05, 3.63) is 36.0 Å². The number of hydrogen-bond donors (Lipinski definition) is 2. The predicted molar refractivity (Wildman–Crippen MR) is 51.3 cm³/mol. The van der Waals surface area contributed by atoms with Crippen LogP contribution in [0.4, 0.5) is 0 Å². The van der Waals surface area contributed by atoms with Crippen molar-refractivity contribution >= 4 is 10.9 Å². The first-order valence-corrected chi connectivity index (χ1v) is 4.07. The van der Waals surface area contributed by atoms with E-state index in [2.05, 4.69) is 4.98 Å². The van der Waals surface area contributed by atoms with Crippen LogP contribution in [0.15, 0.2) is 30.5 Å². The summed E-state index contributed by atoms with van der Waals surface area (Å²) in [5.74, 6) is 0.253. The number of benzene rings is 1. The lowest BCUT2D eigenvalue weighted by Gasteiger charge is -2.00. The summed E-state index contributed by atoms with van der Waals surface area (Å²) >= 11 is 0. The highest BCUT2D eigenvalue weighted by Crippen LogP contribution is 2.18. The highest BCUT2D eigenvalue weighted by atomic mass is 16.3. The van der Waals surface area contributed by atoms with Crippen LogP contribution in [0, 0.1) is 0 Å². The van der Waals surface area contributed by atoms with Crippen LogP contribution in [0.25, 0.3) is 10.9 Å². The molecule has 66 valence electrons.